The first-order chi connectivity index (χ1) is 8.26. The van der Waals surface area contributed by atoms with Crippen molar-refractivity contribution in [2.75, 3.05) is 18.0 Å². The minimum Gasteiger partial charge on any atom is -0.330 e. The number of amides is 1. The average Bonchev–Trinajstić information content (AvgIpc) is 2.37. The van der Waals surface area contributed by atoms with Crippen LogP contribution >= 0.6 is 0 Å². The first-order valence-electron chi connectivity index (χ1n) is 6.38. The Morgan fingerprint density at radius 1 is 1.47 bits per heavy atom. The normalized spacial score (nSPS) is 14.6. The van der Waals surface area contributed by atoms with Gasteiger partial charge in [-0.3, -0.25) is 4.79 Å². The fraction of sp³-hybridized carbons (Fsp3) is 0.500. The summed E-state index contributed by atoms with van der Waals surface area (Å²) in [6.07, 6.45) is 3.62. The van der Waals surface area contributed by atoms with E-state index in [0.29, 0.717) is 13.0 Å². The molecule has 1 aromatic rings. The highest BCUT2D eigenvalue weighted by molar-refractivity contribution is 5.94. The van der Waals surface area contributed by atoms with Crippen molar-refractivity contribution in [3.63, 3.8) is 0 Å². The molecule has 1 aliphatic rings. The van der Waals surface area contributed by atoms with Crippen LogP contribution in [0.25, 0.3) is 0 Å². The van der Waals surface area contributed by atoms with Crippen molar-refractivity contribution in [2.24, 2.45) is 5.73 Å². The van der Waals surface area contributed by atoms with E-state index in [4.69, 9.17) is 5.73 Å². The number of carbonyl (C=O) groups is 1. The second kappa shape index (κ2) is 5.32. The number of anilines is 1. The van der Waals surface area contributed by atoms with Crippen LogP contribution < -0.4 is 10.6 Å². The summed E-state index contributed by atoms with van der Waals surface area (Å²) in [4.78, 5) is 13.8. The largest absolute Gasteiger partial charge is 0.330 e. The predicted molar refractivity (Wildman–Crippen MR) is 70.2 cm³/mol. The second-order valence-electron chi connectivity index (χ2n) is 4.50. The van der Waals surface area contributed by atoms with E-state index in [1.54, 1.807) is 0 Å². The van der Waals surface area contributed by atoms with Gasteiger partial charge in [-0.1, -0.05) is 19.1 Å². The Balaban J connectivity index is 2.30. The molecular formula is C14H20N2O. The fourth-order valence-electron chi connectivity index (χ4n) is 2.42. The summed E-state index contributed by atoms with van der Waals surface area (Å²) in [6, 6.07) is 6.37. The molecule has 0 bridgehead atoms. The maximum Gasteiger partial charge on any atom is 0.226 e. The van der Waals surface area contributed by atoms with E-state index in [2.05, 4.69) is 18.2 Å². The summed E-state index contributed by atoms with van der Waals surface area (Å²) in [5.41, 5.74) is 9.24. The van der Waals surface area contributed by atoms with E-state index in [-0.39, 0.29) is 5.91 Å². The van der Waals surface area contributed by atoms with Crippen molar-refractivity contribution in [3.05, 3.63) is 29.3 Å². The van der Waals surface area contributed by atoms with Gasteiger partial charge in [-0.15, -0.1) is 0 Å². The Hall–Kier alpha value is -1.35. The Bertz CT molecular complexity index is 415. The molecule has 3 nitrogen and oxygen atoms in total. The topological polar surface area (TPSA) is 46.3 Å². The number of aryl methyl sites for hydroxylation is 1. The molecule has 1 heterocycles. The van der Waals surface area contributed by atoms with Crippen LogP contribution in [0.15, 0.2) is 18.2 Å². The zero-order valence-corrected chi connectivity index (χ0v) is 10.4. The highest BCUT2D eigenvalue weighted by Crippen LogP contribution is 2.28. The molecule has 0 radical (unpaired) electrons. The van der Waals surface area contributed by atoms with E-state index < -0.39 is 0 Å². The highest BCUT2D eigenvalue weighted by atomic mass is 16.2. The van der Waals surface area contributed by atoms with Gasteiger partial charge >= 0.3 is 0 Å². The molecule has 0 unspecified atom stereocenters. The average molecular weight is 232 g/mol. The van der Waals surface area contributed by atoms with E-state index in [1.807, 2.05) is 11.8 Å². The number of hydrogen-bond donors (Lipinski definition) is 1. The van der Waals surface area contributed by atoms with Crippen molar-refractivity contribution >= 4 is 11.6 Å². The van der Waals surface area contributed by atoms with Gasteiger partial charge in [0.15, 0.2) is 0 Å². The summed E-state index contributed by atoms with van der Waals surface area (Å²) in [5, 5.41) is 0. The fourth-order valence-corrected chi connectivity index (χ4v) is 2.42. The predicted octanol–water partition coefficient (Wildman–Crippen LogP) is 1.88. The first kappa shape index (κ1) is 12.1. The van der Waals surface area contributed by atoms with E-state index in [0.717, 1.165) is 31.5 Å². The van der Waals surface area contributed by atoms with Crippen molar-refractivity contribution in [1.29, 1.82) is 0 Å². The van der Waals surface area contributed by atoms with Gasteiger partial charge in [-0.25, -0.2) is 0 Å². The monoisotopic (exact) mass is 232 g/mol. The van der Waals surface area contributed by atoms with Gasteiger partial charge in [-0.2, -0.15) is 0 Å². The van der Waals surface area contributed by atoms with Crippen LogP contribution in [0.5, 0.6) is 0 Å². The second-order valence-corrected chi connectivity index (χ2v) is 4.50. The van der Waals surface area contributed by atoms with Gasteiger partial charge in [0.25, 0.3) is 0 Å². The van der Waals surface area contributed by atoms with Crippen LogP contribution in [0, 0.1) is 0 Å². The van der Waals surface area contributed by atoms with E-state index >= 15 is 0 Å². The molecule has 2 rings (SSSR count). The third-order valence-corrected chi connectivity index (χ3v) is 3.30. The zero-order chi connectivity index (χ0) is 12.3. The molecule has 0 saturated carbocycles. The Labute approximate surface area is 103 Å². The lowest BCUT2D eigenvalue weighted by molar-refractivity contribution is -0.118. The van der Waals surface area contributed by atoms with E-state index in [9.17, 15) is 4.79 Å². The van der Waals surface area contributed by atoms with Crippen molar-refractivity contribution in [3.8, 4) is 0 Å². The lowest BCUT2D eigenvalue weighted by Gasteiger charge is -2.29. The van der Waals surface area contributed by atoms with Crippen LogP contribution in [0.1, 0.15) is 30.9 Å². The molecule has 0 saturated heterocycles. The summed E-state index contributed by atoms with van der Waals surface area (Å²) >= 11 is 0. The van der Waals surface area contributed by atoms with Crippen LogP contribution in [0.4, 0.5) is 5.69 Å². The highest BCUT2D eigenvalue weighted by Gasteiger charge is 2.21. The Morgan fingerprint density at radius 3 is 3.00 bits per heavy atom. The Kier molecular flexibility index (Phi) is 3.79. The summed E-state index contributed by atoms with van der Waals surface area (Å²) in [6.45, 7) is 3.45. The Morgan fingerprint density at radius 2 is 2.29 bits per heavy atom. The number of nitrogens with two attached hydrogens (primary N) is 1. The summed E-state index contributed by atoms with van der Waals surface area (Å²) in [7, 11) is 0. The minimum atomic E-state index is 0.220. The van der Waals surface area contributed by atoms with Crippen LogP contribution in [0.3, 0.4) is 0 Å². The number of rotatable bonds is 3. The van der Waals surface area contributed by atoms with Crippen LogP contribution in [-0.4, -0.2) is 19.0 Å². The zero-order valence-electron chi connectivity index (χ0n) is 10.4. The van der Waals surface area contributed by atoms with Crippen LogP contribution in [-0.2, 0) is 17.6 Å². The molecular weight excluding hydrogens is 212 g/mol. The summed E-state index contributed by atoms with van der Waals surface area (Å²) < 4.78 is 0. The third-order valence-electron chi connectivity index (χ3n) is 3.30. The first-order valence-corrected chi connectivity index (χ1v) is 6.38. The number of hydrogen-bond acceptors (Lipinski definition) is 2. The minimum absolute atomic E-state index is 0.220. The molecule has 1 aliphatic heterocycles. The lowest BCUT2D eigenvalue weighted by atomic mass is 9.98. The van der Waals surface area contributed by atoms with Gasteiger partial charge in [0.2, 0.25) is 5.91 Å². The van der Waals surface area contributed by atoms with Crippen molar-refractivity contribution in [1.82, 2.24) is 0 Å². The molecule has 0 atom stereocenters. The molecule has 2 N–H and O–H groups in total. The number of nitrogens with zero attached hydrogens (tertiary/aromatic N) is 1. The maximum atomic E-state index is 11.8. The van der Waals surface area contributed by atoms with Gasteiger partial charge in [0, 0.05) is 18.7 Å². The SMILES string of the molecule is CCC(=O)N1CCCc2cc(CCN)ccc21. The van der Waals surface area contributed by atoms with Crippen molar-refractivity contribution < 1.29 is 4.79 Å². The standard InChI is InChI=1S/C14H20N2O/c1-2-14(17)16-9-3-4-12-10-11(7-8-15)5-6-13(12)16/h5-6,10H,2-4,7-9,15H2,1H3. The lowest BCUT2D eigenvalue weighted by Crippen LogP contribution is -2.34. The molecule has 0 spiro atoms. The number of carbonyl (C=O) groups excluding carboxylic acids is 1. The molecule has 1 aromatic carbocycles. The van der Waals surface area contributed by atoms with Crippen molar-refractivity contribution in [2.45, 2.75) is 32.6 Å². The van der Waals surface area contributed by atoms with Gasteiger partial charge in [-0.05, 0) is 43.0 Å². The summed E-state index contributed by atoms with van der Waals surface area (Å²) in [5.74, 6) is 0.220. The smallest absolute Gasteiger partial charge is 0.226 e. The number of fused-ring (bicyclic) bond motifs is 1. The molecule has 0 aliphatic carbocycles. The van der Waals surface area contributed by atoms with Gasteiger partial charge in [0.1, 0.15) is 0 Å². The molecule has 1 amide bonds. The molecule has 17 heavy (non-hydrogen) atoms. The molecule has 0 aromatic heterocycles. The number of benzene rings is 1. The van der Waals surface area contributed by atoms with E-state index in [1.165, 1.54) is 11.1 Å². The third kappa shape index (κ3) is 2.50. The van der Waals surface area contributed by atoms with Gasteiger partial charge < -0.3 is 10.6 Å². The van der Waals surface area contributed by atoms with Crippen LogP contribution in [0.2, 0.25) is 0 Å². The van der Waals surface area contributed by atoms with Gasteiger partial charge in [0.05, 0.1) is 0 Å². The molecule has 3 heteroatoms. The molecule has 0 fully saturated rings. The maximum absolute atomic E-state index is 11.8. The molecule has 92 valence electrons. The quantitative estimate of drug-likeness (QED) is 0.865.